The molecule has 27 heavy (non-hydrogen) atoms. The summed E-state index contributed by atoms with van der Waals surface area (Å²) in [5, 5.41) is 5.77. The summed E-state index contributed by atoms with van der Waals surface area (Å²) in [6, 6.07) is 14.7. The average molecular weight is 367 g/mol. The van der Waals surface area contributed by atoms with Gasteiger partial charge in [-0.3, -0.25) is 9.69 Å². The number of likely N-dealkylation sites (N-methyl/N-ethyl adjacent to an activating group) is 1. The topological polar surface area (TPSA) is 70.7 Å². The highest BCUT2D eigenvalue weighted by molar-refractivity contribution is 6.02. The number of carbonyl (C=O) groups is 2. The van der Waals surface area contributed by atoms with Gasteiger partial charge in [0.2, 0.25) is 5.91 Å². The molecular weight excluding hydrogens is 342 g/mol. The number of nitrogens with one attached hydrogen (secondary N) is 2. The lowest BCUT2D eigenvalue weighted by molar-refractivity contribution is -0.122. The molecule has 1 atom stereocenters. The number of hydrogen-bond donors (Lipinski definition) is 2. The number of anilines is 1. The lowest BCUT2D eigenvalue weighted by Crippen LogP contribution is -2.51. The van der Waals surface area contributed by atoms with Gasteiger partial charge in [0.15, 0.2) is 0 Å². The molecule has 2 aromatic carbocycles. The summed E-state index contributed by atoms with van der Waals surface area (Å²) < 4.78 is 5.15. The van der Waals surface area contributed by atoms with E-state index in [0.29, 0.717) is 25.9 Å². The molecule has 0 saturated carbocycles. The second kappa shape index (κ2) is 8.58. The van der Waals surface area contributed by atoms with E-state index in [2.05, 4.69) is 10.6 Å². The van der Waals surface area contributed by atoms with Crippen LogP contribution in [0.5, 0.6) is 5.75 Å². The van der Waals surface area contributed by atoms with Crippen molar-refractivity contribution in [2.75, 3.05) is 25.1 Å². The minimum absolute atomic E-state index is 0.126. The number of hydrogen-bond acceptors (Lipinski definition) is 3. The molecular formula is C21H25N3O3. The maximum absolute atomic E-state index is 12.8. The third kappa shape index (κ3) is 4.22. The van der Waals surface area contributed by atoms with Gasteiger partial charge in [-0.1, -0.05) is 30.3 Å². The molecule has 6 nitrogen and oxygen atoms in total. The number of carbonyl (C=O) groups excluding carboxylic acids is 2. The van der Waals surface area contributed by atoms with E-state index in [4.69, 9.17) is 4.74 Å². The molecule has 0 aromatic heterocycles. The van der Waals surface area contributed by atoms with E-state index < -0.39 is 6.04 Å². The maximum Gasteiger partial charge on any atom is 0.322 e. The molecule has 2 N–H and O–H groups in total. The van der Waals surface area contributed by atoms with Crippen LogP contribution < -0.4 is 20.3 Å². The average Bonchev–Trinajstić information content (AvgIpc) is 3.08. The van der Waals surface area contributed by atoms with Crippen molar-refractivity contribution in [1.82, 2.24) is 10.6 Å². The highest BCUT2D eigenvalue weighted by Crippen LogP contribution is 2.32. The Balaban J connectivity index is 1.66. The smallest absolute Gasteiger partial charge is 0.322 e. The Labute approximate surface area is 159 Å². The molecule has 3 amide bonds. The van der Waals surface area contributed by atoms with Gasteiger partial charge in [-0.15, -0.1) is 0 Å². The number of nitrogens with zero attached hydrogens (tertiary/aromatic N) is 1. The van der Waals surface area contributed by atoms with Gasteiger partial charge in [0.05, 0.1) is 7.11 Å². The van der Waals surface area contributed by atoms with Crippen LogP contribution in [-0.2, 0) is 17.6 Å². The minimum Gasteiger partial charge on any atom is -0.497 e. The van der Waals surface area contributed by atoms with Crippen molar-refractivity contribution in [3.8, 4) is 5.75 Å². The van der Waals surface area contributed by atoms with Crippen LogP contribution in [0.4, 0.5) is 10.5 Å². The molecule has 0 unspecified atom stereocenters. The van der Waals surface area contributed by atoms with E-state index >= 15 is 0 Å². The van der Waals surface area contributed by atoms with Crippen molar-refractivity contribution in [1.29, 1.82) is 0 Å². The number of benzene rings is 2. The number of ether oxygens (including phenoxy) is 1. The predicted molar refractivity (Wildman–Crippen MR) is 105 cm³/mol. The summed E-state index contributed by atoms with van der Waals surface area (Å²) in [7, 11) is 1.63. The van der Waals surface area contributed by atoms with Crippen LogP contribution in [-0.4, -0.2) is 38.2 Å². The van der Waals surface area contributed by atoms with Crippen LogP contribution in [0.15, 0.2) is 48.5 Å². The Kier molecular flexibility index (Phi) is 5.96. The van der Waals surface area contributed by atoms with E-state index in [1.54, 1.807) is 12.0 Å². The summed E-state index contributed by atoms with van der Waals surface area (Å²) in [5.41, 5.74) is 2.92. The van der Waals surface area contributed by atoms with Crippen molar-refractivity contribution in [2.45, 2.75) is 25.8 Å². The van der Waals surface area contributed by atoms with E-state index in [1.807, 2.05) is 55.5 Å². The number of fused-ring (bicyclic) bond motifs is 1. The Morgan fingerprint density at radius 1 is 1.11 bits per heavy atom. The summed E-state index contributed by atoms with van der Waals surface area (Å²) in [5.74, 6) is 0.681. The SMILES string of the molecule is CCNC(=O)[C@H]1Cc2ccccc2N1C(=O)NCCc1ccc(OC)cc1. The van der Waals surface area contributed by atoms with Crippen LogP contribution >= 0.6 is 0 Å². The molecule has 0 saturated heterocycles. The lowest BCUT2D eigenvalue weighted by Gasteiger charge is -2.25. The van der Waals surface area contributed by atoms with Gasteiger partial charge in [-0.25, -0.2) is 4.79 Å². The first-order valence-electron chi connectivity index (χ1n) is 9.19. The van der Waals surface area contributed by atoms with Gasteiger partial charge in [-0.2, -0.15) is 0 Å². The fraction of sp³-hybridized carbons (Fsp3) is 0.333. The molecule has 1 aliphatic rings. The van der Waals surface area contributed by atoms with Crippen molar-refractivity contribution in [3.05, 3.63) is 59.7 Å². The van der Waals surface area contributed by atoms with Crippen LogP contribution in [0.3, 0.4) is 0 Å². The van der Waals surface area contributed by atoms with Crippen molar-refractivity contribution < 1.29 is 14.3 Å². The van der Waals surface area contributed by atoms with Crippen molar-refractivity contribution in [3.63, 3.8) is 0 Å². The highest BCUT2D eigenvalue weighted by atomic mass is 16.5. The molecule has 0 spiro atoms. The first kappa shape index (κ1) is 18.8. The summed E-state index contributed by atoms with van der Waals surface area (Å²) in [4.78, 5) is 26.9. The molecule has 0 radical (unpaired) electrons. The zero-order valence-electron chi connectivity index (χ0n) is 15.7. The monoisotopic (exact) mass is 367 g/mol. The number of urea groups is 1. The standard InChI is InChI=1S/C21H25N3O3/c1-3-22-20(25)19-14-16-6-4-5-7-18(16)24(19)21(26)23-13-12-15-8-10-17(27-2)11-9-15/h4-11,19H,3,12-14H2,1-2H3,(H,22,25)(H,23,26)/t19-/m1/s1. The van der Waals surface area contributed by atoms with Crippen molar-refractivity contribution >= 4 is 17.6 Å². The molecule has 1 heterocycles. The van der Waals surface area contributed by atoms with E-state index in [0.717, 1.165) is 22.6 Å². The molecule has 0 fully saturated rings. The van der Waals surface area contributed by atoms with Gasteiger partial charge in [-0.05, 0) is 42.7 Å². The molecule has 3 rings (SSSR count). The van der Waals surface area contributed by atoms with E-state index in [9.17, 15) is 9.59 Å². The molecule has 0 bridgehead atoms. The van der Waals surface area contributed by atoms with Crippen LogP contribution in [0.2, 0.25) is 0 Å². The van der Waals surface area contributed by atoms with Crippen molar-refractivity contribution in [2.24, 2.45) is 0 Å². The Bertz CT molecular complexity index is 805. The Hall–Kier alpha value is -3.02. The minimum atomic E-state index is -0.511. The quantitative estimate of drug-likeness (QED) is 0.824. The first-order chi connectivity index (χ1) is 13.1. The van der Waals surface area contributed by atoms with Gasteiger partial charge >= 0.3 is 6.03 Å². The van der Waals surface area contributed by atoms with E-state index in [-0.39, 0.29) is 11.9 Å². The Morgan fingerprint density at radius 2 is 1.85 bits per heavy atom. The number of amides is 3. The maximum atomic E-state index is 12.8. The number of para-hydroxylation sites is 1. The lowest BCUT2D eigenvalue weighted by atomic mass is 10.1. The molecule has 142 valence electrons. The molecule has 1 aliphatic heterocycles. The summed E-state index contributed by atoms with van der Waals surface area (Å²) in [6.45, 7) is 2.91. The zero-order valence-corrected chi connectivity index (χ0v) is 15.7. The van der Waals surface area contributed by atoms with Gasteiger partial charge in [0, 0.05) is 25.2 Å². The summed E-state index contributed by atoms with van der Waals surface area (Å²) >= 11 is 0. The number of rotatable bonds is 6. The fourth-order valence-corrected chi connectivity index (χ4v) is 3.33. The van der Waals surface area contributed by atoms with Crippen LogP contribution in [0.1, 0.15) is 18.1 Å². The fourth-order valence-electron chi connectivity index (χ4n) is 3.33. The highest BCUT2D eigenvalue weighted by Gasteiger charge is 2.37. The van der Waals surface area contributed by atoms with Crippen LogP contribution in [0, 0.1) is 0 Å². The van der Waals surface area contributed by atoms with Gasteiger partial charge in [0.25, 0.3) is 0 Å². The zero-order chi connectivity index (χ0) is 19.2. The third-order valence-corrected chi connectivity index (χ3v) is 4.70. The number of methoxy groups -OCH3 is 1. The second-order valence-corrected chi connectivity index (χ2v) is 6.44. The van der Waals surface area contributed by atoms with Gasteiger partial charge in [0.1, 0.15) is 11.8 Å². The predicted octanol–water partition coefficient (Wildman–Crippen LogP) is 2.51. The largest absolute Gasteiger partial charge is 0.497 e. The molecule has 2 aromatic rings. The Morgan fingerprint density at radius 3 is 2.56 bits per heavy atom. The van der Waals surface area contributed by atoms with Crippen LogP contribution in [0.25, 0.3) is 0 Å². The van der Waals surface area contributed by atoms with E-state index in [1.165, 1.54) is 0 Å². The second-order valence-electron chi connectivity index (χ2n) is 6.44. The molecule has 0 aliphatic carbocycles. The molecule has 6 heteroatoms. The first-order valence-corrected chi connectivity index (χ1v) is 9.19. The van der Waals surface area contributed by atoms with Gasteiger partial charge < -0.3 is 15.4 Å². The normalized spacial score (nSPS) is 15.2. The summed E-state index contributed by atoms with van der Waals surface area (Å²) in [6.07, 6.45) is 1.24. The third-order valence-electron chi connectivity index (χ3n) is 4.70.